The van der Waals surface area contributed by atoms with E-state index in [0.29, 0.717) is 35.0 Å². The van der Waals surface area contributed by atoms with E-state index in [1.54, 1.807) is 48.5 Å². The molecule has 0 amide bonds. The molecule has 12 heteroatoms. The highest BCUT2D eigenvalue weighted by Crippen LogP contribution is 2.55. The van der Waals surface area contributed by atoms with Crippen LogP contribution in [0, 0.1) is 45.3 Å². The Hall–Kier alpha value is -5.17. The molecule has 3 aromatic rings. The largest absolute Gasteiger partial charge is 0.484 e. The number of alkyl halides is 3. The van der Waals surface area contributed by atoms with Crippen LogP contribution in [0.5, 0.6) is 11.5 Å². The molecule has 0 radical (unpaired) electrons. The number of allylic oxidation sites excluding steroid dienone is 5. The van der Waals surface area contributed by atoms with Gasteiger partial charge in [-0.2, -0.15) is 34.2 Å². The lowest BCUT2D eigenvalue weighted by molar-refractivity contribution is -0.207. The van der Waals surface area contributed by atoms with Crippen LogP contribution in [-0.2, 0) is 6.42 Å². The second-order valence-electron chi connectivity index (χ2n) is 7.89. The van der Waals surface area contributed by atoms with Crippen LogP contribution in [0.3, 0.4) is 0 Å². The lowest BCUT2D eigenvalue weighted by Gasteiger charge is -2.27. The molecule has 0 N–H and O–H groups in total. The van der Waals surface area contributed by atoms with Crippen LogP contribution in [0.15, 0.2) is 62.5 Å². The fourth-order valence-electron chi connectivity index (χ4n) is 3.47. The summed E-state index contributed by atoms with van der Waals surface area (Å²) in [4.78, 5) is 0.661. The molecule has 0 saturated carbocycles. The molecule has 0 bridgehead atoms. The number of halogens is 3. The Balaban J connectivity index is 1.67. The number of ether oxygens (including phenoxy) is 2. The molecule has 0 fully saturated rings. The molecule has 4 rings (SSSR count). The monoisotopic (exact) mass is 548 g/mol. The predicted octanol–water partition coefficient (Wildman–Crippen LogP) is 6.86. The van der Waals surface area contributed by atoms with Crippen molar-refractivity contribution in [3.05, 3.63) is 65.2 Å². The van der Waals surface area contributed by atoms with E-state index in [4.69, 9.17) is 39.4 Å². The Kier molecular flexibility index (Phi) is 7.91. The number of hydrogen-bond acceptors (Lipinski definition) is 9. The summed E-state index contributed by atoms with van der Waals surface area (Å²) in [7, 11) is 0. The summed E-state index contributed by atoms with van der Waals surface area (Å²) in [6, 6.07) is 13.5. The number of hydrogen-bond donors (Lipinski definition) is 0. The quantitative estimate of drug-likeness (QED) is 0.230. The van der Waals surface area contributed by atoms with E-state index < -0.39 is 18.9 Å². The van der Waals surface area contributed by atoms with Gasteiger partial charge in [-0.15, -0.1) is 11.3 Å². The van der Waals surface area contributed by atoms with Gasteiger partial charge in [0.1, 0.15) is 74.8 Å². The lowest BCUT2D eigenvalue weighted by Crippen LogP contribution is -2.41. The third kappa shape index (κ3) is 6.05. The molecule has 4 heterocycles. The van der Waals surface area contributed by atoms with Gasteiger partial charge in [-0.25, -0.2) is 0 Å². The Morgan fingerprint density at radius 2 is 1.59 bits per heavy atom. The van der Waals surface area contributed by atoms with Crippen molar-refractivity contribution in [1.82, 2.24) is 0 Å². The molecule has 1 aliphatic heterocycles. The molecule has 0 aliphatic carbocycles. The van der Waals surface area contributed by atoms with Gasteiger partial charge in [0, 0.05) is 6.42 Å². The Morgan fingerprint density at radius 1 is 0.923 bits per heavy atom. The molecule has 0 spiro atoms. The summed E-state index contributed by atoms with van der Waals surface area (Å²) >= 11 is 1.07. The van der Waals surface area contributed by atoms with Gasteiger partial charge >= 0.3 is 6.18 Å². The van der Waals surface area contributed by atoms with Crippen molar-refractivity contribution in [2.75, 3.05) is 6.61 Å². The van der Waals surface area contributed by atoms with Crippen LogP contribution in [0.1, 0.15) is 17.9 Å². The number of fused-ring (bicyclic) bond motifs is 1. The first-order valence-electron chi connectivity index (χ1n) is 11.2. The molecular formula is C27H15F3N4O4S. The SMILES string of the molecule is N#CC(C#N)=C/C=C/c1ccc(-c2sc(-c3ccc(CCC=C(C#N)C#N)o3)c3c2OC(C(F)(F)F)CO3)o1. The van der Waals surface area contributed by atoms with Gasteiger partial charge < -0.3 is 18.3 Å². The predicted molar refractivity (Wildman–Crippen MR) is 132 cm³/mol. The highest BCUT2D eigenvalue weighted by atomic mass is 32.1. The van der Waals surface area contributed by atoms with Crippen molar-refractivity contribution < 1.29 is 31.5 Å². The molecule has 0 saturated heterocycles. The standard InChI is InChI=1S/C27H15F3N4O4S/c28-27(29,30)22-15-35-23-24(38-22)26(21-10-8-19(37-21)6-2-4-17(13-33)14-34)39-25(23)20-9-7-18(36-20)5-1-3-16(11-31)12-32/h2-4,6-10,22H,1,5,15H2/b6-2+. The topological polar surface area (TPSA) is 140 Å². The Labute approximate surface area is 223 Å². The van der Waals surface area contributed by atoms with E-state index in [1.165, 1.54) is 24.3 Å². The summed E-state index contributed by atoms with van der Waals surface area (Å²) < 4.78 is 62.9. The van der Waals surface area contributed by atoms with E-state index >= 15 is 0 Å². The highest BCUT2D eigenvalue weighted by Gasteiger charge is 2.47. The van der Waals surface area contributed by atoms with Crippen molar-refractivity contribution >= 4 is 17.4 Å². The zero-order valence-electron chi connectivity index (χ0n) is 19.8. The maximum atomic E-state index is 13.4. The summed E-state index contributed by atoms with van der Waals surface area (Å²) in [6.07, 6.45) is -0.340. The molecule has 39 heavy (non-hydrogen) atoms. The minimum atomic E-state index is -4.66. The fraction of sp³-hybridized carbons (Fsp3) is 0.185. The van der Waals surface area contributed by atoms with E-state index in [-0.39, 0.29) is 33.3 Å². The summed E-state index contributed by atoms with van der Waals surface area (Å²) in [6.45, 7) is -0.734. The van der Waals surface area contributed by atoms with E-state index in [9.17, 15) is 13.2 Å². The molecular weight excluding hydrogens is 533 g/mol. The van der Waals surface area contributed by atoms with Gasteiger partial charge in [0.05, 0.1) is 0 Å². The van der Waals surface area contributed by atoms with Crippen LogP contribution < -0.4 is 9.47 Å². The second-order valence-corrected chi connectivity index (χ2v) is 8.91. The van der Waals surface area contributed by atoms with E-state index in [1.807, 2.05) is 0 Å². The number of nitriles is 4. The van der Waals surface area contributed by atoms with Crippen molar-refractivity contribution in [2.24, 2.45) is 0 Å². The van der Waals surface area contributed by atoms with E-state index in [2.05, 4.69) is 0 Å². The lowest BCUT2D eigenvalue weighted by atomic mass is 10.2. The average molecular weight is 549 g/mol. The molecule has 1 atom stereocenters. The van der Waals surface area contributed by atoms with Gasteiger partial charge in [-0.1, -0.05) is 12.2 Å². The van der Waals surface area contributed by atoms with Crippen LogP contribution >= 0.6 is 11.3 Å². The molecule has 8 nitrogen and oxygen atoms in total. The number of nitrogens with zero attached hydrogens (tertiary/aromatic N) is 4. The van der Waals surface area contributed by atoms with Crippen LogP contribution in [0.4, 0.5) is 13.2 Å². The van der Waals surface area contributed by atoms with Crippen molar-refractivity contribution in [1.29, 1.82) is 21.0 Å². The van der Waals surface area contributed by atoms with Gasteiger partial charge in [-0.3, -0.25) is 0 Å². The molecule has 194 valence electrons. The zero-order chi connectivity index (χ0) is 28.0. The summed E-state index contributed by atoms with van der Waals surface area (Å²) in [5, 5.41) is 35.3. The third-order valence-electron chi connectivity index (χ3n) is 5.31. The van der Waals surface area contributed by atoms with Gasteiger partial charge in [-0.05, 0) is 42.8 Å². The van der Waals surface area contributed by atoms with Crippen LogP contribution in [-0.4, -0.2) is 18.9 Å². The van der Waals surface area contributed by atoms with Crippen LogP contribution in [0.25, 0.3) is 27.4 Å². The van der Waals surface area contributed by atoms with Crippen molar-refractivity contribution in [2.45, 2.75) is 25.1 Å². The third-order valence-corrected chi connectivity index (χ3v) is 6.49. The smallest absolute Gasteiger partial charge is 0.428 e. The maximum Gasteiger partial charge on any atom is 0.428 e. The molecule has 1 unspecified atom stereocenters. The minimum Gasteiger partial charge on any atom is -0.484 e. The van der Waals surface area contributed by atoms with Crippen LogP contribution in [0.2, 0.25) is 0 Å². The first-order valence-corrected chi connectivity index (χ1v) is 12.0. The molecule has 1 aliphatic rings. The number of thiophene rings is 1. The summed E-state index contributed by atoms with van der Waals surface area (Å²) in [5.74, 6) is 1.39. The average Bonchev–Trinajstić information content (AvgIpc) is 3.67. The van der Waals surface area contributed by atoms with Gasteiger partial charge in [0.25, 0.3) is 0 Å². The fourth-order valence-corrected chi connectivity index (χ4v) is 4.58. The van der Waals surface area contributed by atoms with Crippen molar-refractivity contribution in [3.8, 4) is 57.1 Å². The number of furan rings is 2. The minimum absolute atomic E-state index is 0.0113. The molecule has 0 aromatic carbocycles. The number of aryl methyl sites for hydroxylation is 1. The highest BCUT2D eigenvalue weighted by molar-refractivity contribution is 7.19. The Bertz CT molecular complexity index is 1610. The van der Waals surface area contributed by atoms with E-state index in [0.717, 1.165) is 11.3 Å². The van der Waals surface area contributed by atoms with Crippen molar-refractivity contribution in [3.63, 3.8) is 0 Å². The maximum absolute atomic E-state index is 13.4. The normalized spacial score (nSPS) is 14.1. The number of rotatable bonds is 7. The zero-order valence-corrected chi connectivity index (χ0v) is 20.6. The van der Waals surface area contributed by atoms with Gasteiger partial charge in [0.15, 0.2) is 11.5 Å². The first-order chi connectivity index (χ1) is 18.8. The Morgan fingerprint density at radius 3 is 2.28 bits per heavy atom. The van der Waals surface area contributed by atoms with Gasteiger partial charge in [0.2, 0.25) is 6.10 Å². The summed E-state index contributed by atoms with van der Waals surface area (Å²) in [5.41, 5.74) is -0.120. The first kappa shape index (κ1) is 26.9. The second kappa shape index (κ2) is 11.5. The molecule has 3 aromatic heterocycles.